The molecule has 1 aliphatic rings. The van der Waals surface area contributed by atoms with Crippen LogP contribution in [-0.2, 0) is 12.7 Å². The second kappa shape index (κ2) is 7.06. The lowest BCUT2D eigenvalue weighted by atomic mass is 10.2. The Morgan fingerprint density at radius 2 is 1.67 bits per heavy atom. The van der Waals surface area contributed by atoms with Crippen molar-refractivity contribution in [1.29, 1.82) is 0 Å². The fraction of sp³-hybridized carbons (Fsp3) is 0.375. The lowest BCUT2D eigenvalue weighted by Crippen LogP contribution is -2.46. The van der Waals surface area contributed by atoms with Crippen molar-refractivity contribution in [3.8, 4) is 0 Å². The van der Waals surface area contributed by atoms with Crippen molar-refractivity contribution in [2.75, 3.05) is 31.1 Å². The molecule has 0 radical (unpaired) electrons. The number of halogens is 4. The van der Waals surface area contributed by atoms with E-state index in [1.54, 1.807) is 4.90 Å². The van der Waals surface area contributed by atoms with Crippen LogP contribution >= 0.6 is 15.9 Å². The van der Waals surface area contributed by atoms with Crippen molar-refractivity contribution < 1.29 is 13.2 Å². The molecule has 128 valence electrons. The van der Waals surface area contributed by atoms with Crippen LogP contribution in [0.4, 0.5) is 19.1 Å². The van der Waals surface area contributed by atoms with Crippen molar-refractivity contribution in [2.24, 2.45) is 0 Å². The van der Waals surface area contributed by atoms with Crippen molar-refractivity contribution in [3.05, 3.63) is 52.3 Å². The van der Waals surface area contributed by atoms with E-state index in [9.17, 15) is 13.2 Å². The maximum absolute atomic E-state index is 12.7. The van der Waals surface area contributed by atoms with Crippen molar-refractivity contribution in [1.82, 2.24) is 14.9 Å². The molecule has 2 heterocycles. The summed E-state index contributed by atoms with van der Waals surface area (Å²) in [6.07, 6.45) is -3.28. The van der Waals surface area contributed by atoms with Gasteiger partial charge in [-0.1, -0.05) is 28.1 Å². The minimum atomic E-state index is -4.44. The summed E-state index contributed by atoms with van der Waals surface area (Å²) in [5.41, 5.74) is 0.312. The van der Waals surface area contributed by atoms with Gasteiger partial charge >= 0.3 is 6.18 Å². The summed E-state index contributed by atoms with van der Waals surface area (Å²) in [6.45, 7) is 3.56. The van der Waals surface area contributed by atoms with Crippen LogP contribution in [0.25, 0.3) is 0 Å². The molecule has 0 atom stereocenters. The number of hydrogen-bond acceptors (Lipinski definition) is 4. The normalized spacial score (nSPS) is 16.4. The molecule has 0 bridgehead atoms. The zero-order chi connectivity index (χ0) is 17.2. The van der Waals surface area contributed by atoms with Crippen LogP contribution in [0.5, 0.6) is 0 Å². The Balaban J connectivity index is 1.60. The zero-order valence-corrected chi connectivity index (χ0v) is 14.4. The molecule has 1 aromatic heterocycles. The predicted octanol–water partition coefficient (Wildman–Crippen LogP) is 3.58. The highest BCUT2D eigenvalue weighted by atomic mass is 79.9. The molecule has 1 aromatic carbocycles. The van der Waals surface area contributed by atoms with Gasteiger partial charge in [0.25, 0.3) is 0 Å². The molecule has 1 fully saturated rings. The third kappa shape index (κ3) is 4.24. The average Bonchev–Trinajstić information content (AvgIpc) is 2.57. The largest absolute Gasteiger partial charge is 0.433 e. The van der Waals surface area contributed by atoms with Crippen LogP contribution in [-0.4, -0.2) is 41.0 Å². The molecule has 1 aliphatic heterocycles. The molecule has 2 aromatic rings. The van der Waals surface area contributed by atoms with Gasteiger partial charge in [-0.2, -0.15) is 13.2 Å². The molecule has 24 heavy (non-hydrogen) atoms. The summed E-state index contributed by atoms with van der Waals surface area (Å²) in [5.74, 6) is 0.146. The number of rotatable bonds is 3. The predicted molar refractivity (Wildman–Crippen MR) is 88.7 cm³/mol. The molecule has 0 amide bonds. The van der Waals surface area contributed by atoms with Crippen LogP contribution in [0, 0.1) is 0 Å². The van der Waals surface area contributed by atoms with Crippen LogP contribution in [0.1, 0.15) is 11.3 Å². The van der Waals surface area contributed by atoms with Gasteiger partial charge in [-0.25, -0.2) is 9.97 Å². The minimum Gasteiger partial charge on any atom is -0.338 e. The third-order valence-corrected chi connectivity index (χ3v) is 4.44. The summed E-state index contributed by atoms with van der Waals surface area (Å²) < 4.78 is 39.3. The first kappa shape index (κ1) is 17.2. The molecule has 4 nitrogen and oxygen atoms in total. The molecule has 0 N–H and O–H groups in total. The Hall–Kier alpha value is -1.67. The summed E-state index contributed by atoms with van der Waals surface area (Å²) in [5, 5.41) is 0. The van der Waals surface area contributed by atoms with Crippen molar-refractivity contribution in [3.63, 3.8) is 0 Å². The second-order valence-electron chi connectivity index (χ2n) is 5.63. The lowest BCUT2D eigenvalue weighted by molar-refractivity contribution is -0.141. The van der Waals surface area contributed by atoms with E-state index in [0.717, 1.165) is 30.2 Å². The molecule has 0 aliphatic carbocycles. The van der Waals surface area contributed by atoms with Gasteiger partial charge in [-0.15, -0.1) is 0 Å². The molecule has 0 unspecified atom stereocenters. The highest BCUT2D eigenvalue weighted by molar-refractivity contribution is 9.10. The van der Waals surface area contributed by atoms with Gasteiger partial charge in [0.2, 0.25) is 5.95 Å². The first-order chi connectivity index (χ1) is 11.4. The van der Waals surface area contributed by atoms with Gasteiger partial charge in [0, 0.05) is 43.4 Å². The van der Waals surface area contributed by atoms with E-state index in [1.807, 2.05) is 12.1 Å². The number of anilines is 1. The van der Waals surface area contributed by atoms with Gasteiger partial charge in [0.05, 0.1) is 0 Å². The summed E-state index contributed by atoms with van der Waals surface area (Å²) >= 11 is 3.41. The topological polar surface area (TPSA) is 32.3 Å². The Morgan fingerprint density at radius 1 is 1.00 bits per heavy atom. The fourth-order valence-electron chi connectivity index (χ4n) is 2.61. The SMILES string of the molecule is FC(F)(F)c1ccnc(N2CCN(Cc3ccc(Br)cc3)CC2)n1. The average molecular weight is 401 g/mol. The first-order valence-corrected chi connectivity index (χ1v) is 8.33. The number of piperazine rings is 1. The highest BCUT2D eigenvalue weighted by Crippen LogP contribution is 2.28. The van der Waals surface area contributed by atoms with Crippen molar-refractivity contribution >= 4 is 21.9 Å². The molecule has 1 saturated heterocycles. The molecule has 3 rings (SSSR count). The minimum absolute atomic E-state index is 0.146. The fourth-order valence-corrected chi connectivity index (χ4v) is 2.88. The smallest absolute Gasteiger partial charge is 0.338 e. The zero-order valence-electron chi connectivity index (χ0n) is 12.8. The summed E-state index contributed by atoms with van der Waals surface area (Å²) in [6, 6.07) is 9.02. The van der Waals surface area contributed by atoms with Gasteiger partial charge in [0.1, 0.15) is 5.69 Å². The standard InChI is InChI=1S/C16H16BrF3N4/c17-13-3-1-12(2-4-13)11-23-7-9-24(10-8-23)15-21-6-5-14(22-15)16(18,19)20/h1-6H,7-11H2. The van der Waals surface area contributed by atoms with Gasteiger partial charge in [-0.3, -0.25) is 4.90 Å². The molecule has 0 saturated carbocycles. The quantitative estimate of drug-likeness (QED) is 0.787. The van der Waals surface area contributed by atoms with E-state index in [4.69, 9.17) is 0 Å². The van der Waals surface area contributed by atoms with E-state index < -0.39 is 11.9 Å². The van der Waals surface area contributed by atoms with Crippen LogP contribution in [0.2, 0.25) is 0 Å². The Morgan fingerprint density at radius 3 is 2.29 bits per heavy atom. The van der Waals surface area contributed by atoms with E-state index in [1.165, 1.54) is 11.8 Å². The third-order valence-electron chi connectivity index (χ3n) is 3.91. The molecule has 8 heteroatoms. The van der Waals surface area contributed by atoms with E-state index in [0.29, 0.717) is 13.1 Å². The Bertz CT molecular complexity index is 682. The van der Waals surface area contributed by atoms with E-state index >= 15 is 0 Å². The van der Waals surface area contributed by atoms with Crippen LogP contribution in [0.3, 0.4) is 0 Å². The van der Waals surface area contributed by atoms with Crippen molar-refractivity contribution in [2.45, 2.75) is 12.7 Å². The number of hydrogen-bond donors (Lipinski definition) is 0. The van der Waals surface area contributed by atoms with Gasteiger partial charge in [-0.05, 0) is 23.8 Å². The number of benzene rings is 1. The molecular weight excluding hydrogens is 385 g/mol. The summed E-state index contributed by atoms with van der Waals surface area (Å²) in [4.78, 5) is 11.7. The first-order valence-electron chi connectivity index (χ1n) is 7.54. The lowest BCUT2D eigenvalue weighted by Gasteiger charge is -2.34. The molecule has 0 spiro atoms. The maximum atomic E-state index is 12.7. The highest BCUT2D eigenvalue weighted by Gasteiger charge is 2.33. The summed E-state index contributed by atoms with van der Waals surface area (Å²) in [7, 11) is 0. The van der Waals surface area contributed by atoms with E-state index in [2.05, 4.69) is 42.9 Å². The van der Waals surface area contributed by atoms with Gasteiger partial charge < -0.3 is 4.90 Å². The van der Waals surface area contributed by atoms with Crippen LogP contribution < -0.4 is 4.90 Å². The Labute approximate surface area is 146 Å². The van der Waals surface area contributed by atoms with Crippen LogP contribution in [0.15, 0.2) is 41.0 Å². The maximum Gasteiger partial charge on any atom is 0.433 e. The number of aromatic nitrogens is 2. The monoisotopic (exact) mass is 400 g/mol. The number of nitrogens with zero attached hydrogens (tertiary/aromatic N) is 4. The van der Waals surface area contributed by atoms with E-state index in [-0.39, 0.29) is 5.95 Å². The number of alkyl halides is 3. The Kier molecular flexibility index (Phi) is 5.05. The van der Waals surface area contributed by atoms with Gasteiger partial charge in [0.15, 0.2) is 0 Å². The molecular formula is C16H16BrF3N4. The second-order valence-corrected chi connectivity index (χ2v) is 6.54.